The van der Waals surface area contributed by atoms with Crippen LogP contribution in [0.5, 0.6) is 0 Å². The van der Waals surface area contributed by atoms with Gasteiger partial charge in [0, 0.05) is 0 Å². The second kappa shape index (κ2) is 4.11. The topological polar surface area (TPSA) is 58.6 Å². The summed E-state index contributed by atoms with van der Waals surface area (Å²) in [5.41, 5.74) is 0. The maximum absolute atomic E-state index is 10.6. The van der Waals surface area contributed by atoms with Crippen molar-refractivity contribution in [1.29, 1.82) is 0 Å². The first-order chi connectivity index (χ1) is 4.52. The Kier molecular flexibility index (Phi) is 3.79. The molecule has 10 heavy (non-hydrogen) atoms. The molecule has 0 saturated heterocycles. The average molecular weight is 147 g/mol. The van der Waals surface area contributed by atoms with E-state index >= 15 is 0 Å². The van der Waals surface area contributed by atoms with Crippen molar-refractivity contribution < 1.29 is 14.6 Å². The Hall–Kier alpha value is -0.770. The summed E-state index contributed by atoms with van der Waals surface area (Å²) >= 11 is 0. The Balaban J connectivity index is 3.44. The number of carbonyl (C=O) groups excluding carboxylic acids is 1. The second-order valence-corrected chi connectivity index (χ2v) is 2.27. The van der Waals surface area contributed by atoms with Crippen molar-refractivity contribution >= 4 is 6.09 Å². The Morgan fingerprint density at radius 1 is 1.50 bits per heavy atom. The van der Waals surface area contributed by atoms with Crippen molar-refractivity contribution in [3.05, 3.63) is 0 Å². The fourth-order valence-corrected chi connectivity index (χ4v) is 0.419. The van der Waals surface area contributed by atoms with Crippen LogP contribution in [0, 0.1) is 0 Å². The first kappa shape index (κ1) is 9.23. The minimum absolute atomic E-state index is 0.154. The highest BCUT2D eigenvalue weighted by atomic mass is 16.6. The molecule has 0 aromatic carbocycles. The highest BCUT2D eigenvalue weighted by molar-refractivity contribution is 5.67. The fourth-order valence-electron chi connectivity index (χ4n) is 0.419. The molecule has 0 rings (SSSR count). The predicted molar refractivity (Wildman–Crippen MR) is 36.4 cm³/mol. The molecule has 0 aliphatic carbocycles. The van der Waals surface area contributed by atoms with Gasteiger partial charge >= 0.3 is 6.09 Å². The van der Waals surface area contributed by atoms with Crippen LogP contribution in [0.4, 0.5) is 4.79 Å². The summed E-state index contributed by atoms with van der Waals surface area (Å²) in [6.45, 7) is 4.92. The van der Waals surface area contributed by atoms with Crippen LogP contribution < -0.4 is 5.32 Å². The number of aliphatic hydroxyl groups is 1. The molecule has 0 saturated carbocycles. The van der Waals surface area contributed by atoms with Crippen molar-refractivity contribution in [3.8, 4) is 0 Å². The van der Waals surface area contributed by atoms with Gasteiger partial charge in [-0.15, -0.1) is 0 Å². The number of hydrogen-bond acceptors (Lipinski definition) is 3. The molecule has 4 nitrogen and oxygen atoms in total. The van der Waals surface area contributed by atoms with Gasteiger partial charge in [-0.25, -0.2) is 4.79 Å². The molecule has 0 aromatic heterocycles. The lowest BCUT2D eigenvalue weighted by molar-refractivity contribution is 0.0871. The SMILES string of the molecule is CC(O)NC(=O)OC(C)C. The number of nitrogens with one attached hydrogen (secondary N) is 1. The van der Waals surface area contributed by atoms with Crippen molar-refractivity contribution in [2.24, 2.45) is 0 Å². The molecule has 0 aromatic rings. The van der Waals surface area contributed by atoms with E-state index in [2.05, 4.69) is 10.1 Å². The number of rotatable bonds is 2. The van der Waals surface area contributed by atoms with Gasteiger partial charge in [-0.2, -0.15) is 0 Å². The van der Waals surface area contributed by atoms with Gasteiger partial charge in [0.2, 0.25) is 0 Å². The minimum atomic E-state index is -0.855. The highest BCUT2D eigenvalue weighted by Gasteiger charge is 2.05. The van der Waals surface area contributed by atoms with Crippen LogP contribution in [0.2, 0.25) is 0 Å². The highest BCUT2D eigenvalue weighted by Crippen LogP contribution is 1.88. The number of ether oxygens (including phenoxy) is 1. The van der Waals surface area contributed by atoms with Gasteiger partial charge in [0.1, 0.15) is 6.23 Å². The largest absolute Gasteiger partial charge is 0.447 e. The summed E-state index contributed by atoms with van der Waals surface area (Å²) in [5, 5.41) is 10.8. The number of hydrogen-bond donors (Lipinski definition) is 2. The maximum atomic E-state index is 10.6. The van der Waals surface area contributed by atoms with Crippen LogP contribution in [-0.4, -0.2) is 23.5 Å². The zero-order valence-electron chi connectivity index (χ0n) is 6.42. The van der Waals surface area contributed by atoms with E-state index in [4.69, 9.17) is 5.11 Å². The lowest BCUT2D eigenvalue weighted by Gasteiger charge is -2.10. The Morgan fingerprint density at radius 3 is 2.30 bits per heavy atom. The van der Waals surface area contributed by atoms with Crippen molar-refractivity contribution in [2.45, 2.75) is 33.1 Å². The maximum Gasteiger partial charge on any atom is 0.409 e. The summed E-state index contributed by atoms with van der Waals surface area (Å²) in [5.74, 6) is 0. The normalized spacial score (nSPS) is 12.9. The van der Waals surface area contributed by atoms with Gasteiger partial charge in [-0.05, 0) is 20.8 Å². The van der Waals surface area contributed by atoms with E-state index in [9.17, 15) is 4.79 Å². The molecule has 4 heteroatoms. The van der Waals surface area contributed by atoms with E-state index in [1.807, 2.05) is 0 Å². The molecule has 1 unspecified atom stereocenters. The van der Waals surface area contributed by atoms with E-state index in [-0.39, 0.29) is 6.10 Å². The molecule has 0 aliphatic heterocycles. The molecular weight excluding hydrogens is 134 g/mol. The van der Waals surface area contributed by atoms with Crippen LogP contribution in [0.15, 0.2) is 0 Å². The summed E-state index contributed by atoms with van der Waals surface area (Å²) in [4.78, 5) is 10.6. The fraction of sp³-hybridized carbons (Fsp3) is 0.833. The summed E-state index contributed by atoms with van der Waals surface area (Å²) in [7, 11) is 0. The number of alkyl carbamates (subject to hydrolysis) is 1. The van der Waals surface area contributed by atoms with Crippen LogP contribution in [0.3, 0.4) is 0 Å². The summed E-state index contributed by atoms with van der Waals surface area (Å²) in [6.07, 6.45) is -1.60. The lowest BCUT2D eigenvalue weighted by atomic mass is 10.5. The van der Waals surface area contributed by atoms with Crippen LogP contribution in [-0.2, 0) is 4.74 Å². The molecule has 60 valence electrons. The molecule has 0 radical (unpaired) electrons. The quantitative estimate of drug-likeness (QED) is 0.558. The first-order valence-corrected chi connectivity index (χ1v) is 3.17. The second-order valence-electron chi connectivity index (χ2n) is 2.27. The lowest BCUT2D eigenvalue weighted by Crippen LogP contribution is -2.34. The van der Waals surface area contributed by atoms with Crippen molar-refractivity contribution in [2.75, 3.05) is 0 Å². The van der Waals surface area contributed by atoms with E-state index in [1.165, 1.54) is 6.92 Å². The van der Waals surface area contributed by atoms with E-state index in [1.54, 1.807) is 13.8 Å². The molecule has 0 fully saturated rings. The molecule has 2 N–H and O–H groups in total. The van der Waals surface area contributed by atoms with Gasteiger partial charge in [0.25, 0.3) is 0 Å². The van der Waals surface area contributed by atoms with Gasteiger partial charge in [-0.3, -0.25) is 5.32 Å². The summed E-state index contributed by atoms with van der Waals surface area (Å²) < 4.78 is 4.65. The molecule has 0 spiro atoms. The van der Waals surface area contributed by atoms with Crippen molar-refractivity contribution in [1.82, 2.24) is 5.32 Å². The Morgan fingerprint density at radius 2 is 2.00 bits per heavy atom. The average Bonchev–Trinajstić information content (AvgIpc) is 1.58. The number of amides is 1. The number of carbonyl (C=O) groups is 1. The van der Waals surface area contributed by atoms with Gasteiger partial charge in [-0.1, -0.05) is 0 Å². The molecule has 1 atom stereocenters. The minimum Gasteiger partial charge on any atom is -0.447 e. The number of aliphatic hydroxyl groups excluding tert-OH is 1. The Bertz CT molecular complexity index is 99.6. The first-order valence-electron chi connectivity index (χ1n) is 3.17. The molecule has 0 aliphatic rings. The summed E-state index contributed by atoms with van der Waals surface area (Å²) in [6, 6.07) is 0. The van der Waals surface area contributed by atoms with E-state index < -0.39 is 12.3 Å². The van der Waals surface area contributed by atoms with Crippen LogP contribution in [0.1, 0.15) is 20.8 Å². The third-order valence-corrected chi connectivity index (χ3v) is 0.669. The van der Waals surface area contributed by atoms with E-state index in [0.29, 0.717) is 0 Å². The molecule has 1 amide bonds. The van der Waals surface area contributed by atoms with Gasteiger partial charge in [0.15, 0.2) is 0 Å². The zero-order valence-corrected chi connectivity index (χ0v) is 6.42. The third kappa shape index (κ3) is 5.37. The zero-order chi connectivity index (χ0) is 8.15. The molecule has 0 heterocycles. The van der Waals surface area contributed by atoms with E-state index in [0.717, 1.165) is 0 Å². The Labute approximate surface area is 60.2 Å². The predicted octanol–water partition coefficient (Wildman–Crippen LogP) is 0.459. The van der Waals surface area contributed by atoms with Crippen molar-refractivity contribution in [3.63, 3.8) is 0 Å². The van der Waals surface area contributed by atoms with Crippen LogP contribution in [0.25, 0.3) is 0 Å². The smallest absolute Gasteiger partial charge is 0.409 e. The molecular formula is C6H13NO3. The van der Waals surface area contributed by atoms with Gasteiger partial charge < -0.3 is 9.84 Å². The standard InChI is InChI=1S/C6H13NO3/c1-4(2)10-6(9)7-5(3)8/h4-5,8H,1-3H3,(H,7,9). The third-order valence-electron chi connectivity index (χ3n) is 0.669. The molecule has 0 bridgehead atoms. The van der Waals surface area contributed by atoms with Crippen LogP contribution >= 0.6 is 0 Å². The monoisotopic (exact) mass is 147 g/mol. The van der Waals surface area contributed by atoms with Gasteiger partial charge in [0.05, 0.1) is 6.10 Å².